The predicted octanol–water partition coefficient (Wildman–Crippen LogP) is 1.33. The fourth-order valence-corrected chi connectivity index (χ4v) is 2.52. The molecule has 1 heterocycles. The van der Waals surface area contributed by atoms with E-state index < -0.39 is 0 Å². The Balaban J connectivity index is 1.85. The molecule has 0 spiro atoms. The normalized spacial score (nSPS) is 19.3. The molecule has 2 rings (SSSR count). The summed E-state index contributed by atoms with van der Waals surface area (Å²) >= 11 is 0. The summed E-state index contributed by atoms with van der Waals surface area (Å²) in [5.74, 6) is 0.882. The van der Waals surface area contributed by atoms with Crippen LogP contribution < -0.4 is 10.5 Å². The summed E-state index contributed by atoms with van der Waals surface area (Å²) in [6.07, 6.45) is 0. The van der Waals surface area contributed by atoms with Crippen molar-refractivity contribution in [3.05, 3.63) is 29.8 Å². The zero-order valence-electron chi connectivity index (χ0n) is 12.0. The topological polar surface area (TPSA) is 41.7 Å². The number of benzene rings is 1. The van der Waals surface area contributed by atoms with Gasteiger partial charge in [-0.3, -0.25) is 4.90 Å². The van der Waals surface area contributed by atoms with Crippen molar-refractivity contribution in [1.29, 1.82) is 0 Å². The molecule has 1 fully saturated rings. The van der Waals surface area contributed by atoms with Crippen LogP contribution in [0, 0.1) is 0 Å². The number of methoxy groups -OCH3 is 1. The quantitative estimate of drug-likeness (QED) is 0.870. The molecule has 0 aromatic heterocycles. The van der Waals surface area contributed by atoms with Gasteiger partial charge in [-0.1, -0.05) is 19.1 Å². The second-order valence-electron chi connectivity index (χ2n) is 5.11. The van der Waals surface area contributed by atoms with E-state index in [1.807, 2.05) is 12.1 Å². The van der Waals surface area contributed by atoms with Crippen LogP contribution in [-0.2, 0) is 0 Å². The van der Waals surface area contributed by atoms with Gasteiger partial charge in [0.15, 0.2) is 0 Å². The minimum absolute atomic E-state index is 0.0825. The molecule has 1 saturated heterocycles. The average molecular weight is 263 g/mol. The lowest BCUT2D eigenvalue weighted by Gasteiger charge is -2.35. The maximum atomic E-state index is 6.29. The third kappa shape index (κ3) is 3.93. The Morgan fingerprint density at radius 2 is 1.68 bits per heavy atom. The van der Waals surface area contributed by atoms with Gasteiger partial charge < -0.3 is 15.4 Å². The summed E-state index contributed by atoms with van der Waals surface area (Å²) in [6, 6.07) is 8.16. The number of ether oxygens (including phenoxy) is 1. The molecule has 2 N–H and O–H groups in total. The first kappa shape index (κ1) is 14.3. The van der Waals surface area contributed by atoms with E-state index in [0.717, 1.165) is 45.0 Å². The number of hydrogen-bond acceptors (Lipinski definition) is 4. The molecule has 0 saturated carbocycles. The van der Waals surface area contributed by atoms with Gasteiger partial charge in [-0.25, -0.2) is 0 Å². The first-order valence-electron chi connectivity index (χ1n) is 7.07. The second kappa shape index (κ2) is 6.89. The van der Waals surface area contributed by atoms with Gasteiger partial charge in [0.1, 0.15) is 5.75 Å². The molecule has 0 bridgehead atoms. The Morgan fingerprint density at radius 1 is 1.11 bits per heavy atom. The van der Waals surface area contributed by atoms with Crippen LogP contribution in [0.3, 0.4) is 0 Å². The smallest absolute Gasteiger partial charge is 0.118 e. The molecule has 19 heavy (non-hydrogen) atoms. The lowest BCUT2D eigenvalue weighted by atomic mass is 10.1. The van der Waals surface area contributed by atoms with Crippen LogP contribution in [-0.4, -0.2) is 56.2 Å². The highest BCUT2D eigenvalue weighted by Crippen LogP contribution is 2.17. The van der Waals surface area contributed by atoms with Gasteiger partial charge in [0.2, 0.25) is 0 Å². The maximum Gasteiger partial charge on any atom is 0.118 e. The number of rotatable bonds is 5. The zero-order chi connectivity index (χ0) is 13.7. The van der Waals surface area contributed by atoms with Crippen molar-refractivity contribution >= 4 is 0 Å². The van der Waals surface area contributed by atoms with Crippen LogP contribution in [0.25, 0.3) is 0 Å². The van der Waals surface area contributed by atoms with E-state index >= 15 is 0 Å². The lowest BCUT2D eigenvalue weighted by Crippen LogP contribution is -2.48. The molecule has 1 aromatic rings. The van der Waals surface area contributed by atoms with E-state index in [0.29, 0.717) is 0 Å². The summed E-state index contributed by atoms with van der Waals surface area (Å²) in [7, 11) is 1.68. The van der Waals surface area contributed by atoms with Crippen molar-refractivity contribution in [2.24, 2.45) is 5.73 Å². The highest BCUT2D eigenvalue weighted by atomic mass is 16.5. The van der Waals surface area contributed by atoms with Gasteiger partial charge >= 0.3 is 0 Å². The minimum Gasteiger partial charge on any atom is -0.497 e. The Bertz CT molecular complexity index is 371. The highest BCUT2D eigenvalue weighted by molar-refractivity contribution is 5.29. The molecule has 1 atom stereocenters. The monoisotopic (exact) mass is 263 g/mol. The van der Waals surface area contributed by atoms with E-state index in [2.05, 4.69) is 28.9 Å². The molecule has 1 unspecified atom stereocenters. The summed E-state index contributed by atoms with van der Waals surface area (Å²) < 4.78 is 5.17. The van der Waals surface area contributed by atoms with Crippen LogP contribution in [0.15, 0.2) is 24.3 Å². The van der Waals surface area contributed by atoms with Crippen molar-refractivity contribution in [2.75, 3.05) is 46.4 Å². The van der Waals surface area contributed by atoms with Crippen LogP contribution in [0.4, 0.5) is 0 Å². The fourth-order valence-electron chi connectivity index (χ4n) is 2.52. The molecule has 1 aliphatic rings. The van der Waals surface area contributed by atoms with Crippen LogP contribution >= 0.6 is 0 Å². The SMILES string of the molecule is CCN1CCN(CC(N)c2ccc(OC)cc2)CC1. The van der Waals surface area contributed by atoms with E-state index in [-0.39, 0.29) is 6.04 Å². The largest absolute Gasteiger partial charge is 0.497 e. The minimum atomic E-state index is 0.0825. The number of hydrogen-bond donors (Lipinski definition) is 1. The van der Waals surface area contributed by atoms with Crippen LogP contribution in [0.1, 0.15) is 18.5 Å². The van der Waals surface area contributed by atoms with E-state index in [4.69, 9.17) is 10.5 Å². The fraction of sp³-hybridized carbons (Fsp3) is 0.600. The zero-order valence-corrected chi connectivity index (χ0v) is 12.0. The third-order valence-electron chi connectivity index (χ3n) is 3.91. The van der Waals surface area contributed by atoms with Crippen molar-refractivity contribution in [2.45, 2.75) is 13.0 Å². The summed E-state index contributed by atoms with van der Waals surface area (Å²) in [5, 5.41) is 0. The first-order chi connectivity index (χ1) is 9.22. The summed E-state index contributed by atoms with van der Waals surface area (Å²) in [5.41, 5.74) is 7.47. The van der Waals surface area contributed by atoms with Gasteiger partial charge in [-0.15, -0.1) is 0 Å². The van der Waals surface area contributed by atoms with Crippen molar-refractivity contribution < 1.29 is 4.74 Å². The van der Waals surface area contributed by atoms with Crippen molar-refractivity contribution in [3.8, 4) is 5.75 Å². The molecule has 4 nitrogen and oxygen atoms in total. The molecule has 1 aliphatic heterocycles. The Labute approximate surface area is 116 Å². The number of piperazine rings is 1. The molecular weight excluding hydrogens is 238 g/mol. The van der Waals surface area contributed by atoms with Crippen LogP contribution in [0.5, 0.6) is 5.75 Å². The average Bonchev–Trinajstić information content (AvgIpc) is 2.48. The van der Waals surface area contributed by atoms with Crippen LogP contribution in [0.2, 0.25) is 0 Å². The van der Waals surface area contributed by atoms with Gasteiger partial charge in [0, 0.05) is 38.8 Å². The third-order valence-corrected chi connectivity index (χ3v) is 3.91. The molecule has 4 heteroatoms. The lowest BCUT2D eigenvalue weighted by molar-refractivity contribution is 0.132. The summed E-state index contributed by atoms with van der Waals surface area (Å²) in [4.78, 5) is 4.94. The highest BCUT2D eigenvalue weighted by Gasteiger charge is 2.18. The predicted molar refractivity (Wildman–Crippen MR) is 78.5 cm³/mol. The van der Waals surface area contributed by atoms with Gasteiger partial charge in [-0.05, 0) is 24.2 Å². The standard InChI is InChI=1S/C15H25N3O/c1-3-17-8-10-18(11-9-17)12-15(16)13-4-6-14(19-2)7-5-13/h4-7,15H,3,8-12,16H2,1-2H3. The number of nitrogens with zero attached hydrogens (tertiary/aromatic N) is 2. The number of nitrogens with two attached hydrogens (primary N) is 1. The Hall–Kier alpha value is -1.10. The van der Waals surface area contributed by atoms with Crippen molar-refractivity contribution in [3.63, 3.8) is 0 Å². The number of likely N-dealkylation sites (N-methyl/N-ethyl adjacent to an activating group) is 1. The van der Waals surface area contributed by atoms with E-state index in [9.17, 15) is 0 Å². The second-order valence-corrected chi connectivity index (χ2v) is 5.11. The molecule has 106 valence electrons. The molecular formula is C15H25N3O. The van der Waals surface area contributed by atoms with E-state index in [1.54, 1.807) is 7.11 Å². The van der Waals surface area contributed by atoms with Gasteiger partial charge in [0.25, 0.3) is 0 Å². The van der Waals surface area contributed by atoms with Gasteiger partial charge in [0.05, 0.1) is 7.11 Å². The van der Waals surface area contributed by atoms with Gasteiger partial charge in [-0.2, -0.15) is 0 Å². The summed E-state index contributed by atoms with van der Waals surface area (Å²) in [6.45, 7) is 8.87. The molecule has 0 radical (unpaired) electrons. The Morgan fingerprint density at radius 3 is 2.21 bits per heavy atom. The molecule has 0 amide bonds. The molecule has 1 aromatic carbocycles. The first-order valence-corrected chi connectivity index (χ1v) is 7.07. The van der Waals surface area contributed by atoms with E-state index in [1.165, 1.54) is 5.56 Å². The molecule has 0 aliphatic carbocycles. The maximum absolute atomic E-state index is 6.29. The Kier molecular flexibility index (Phi) is 5.19. The van der Waals surface area contributed by atoms with Crippen molar-refractivity contribution in [1.82, 2.24) is 9.80 Å².